The Hall–Kier alpha value is -5.62. The Kier molecular flexibility index (Phi) is 8.74. The smallest absolute Gasteiger partial charge is 0.165 e. The minimum Gasteiger partial charge on any atom is -0.460 e. The maximum Gasteiger partial charge on any atom is 0.165 e. The first kappa shape index (κ1) is 34.6. The summed E-state index contributed by atoms with van der Waals surface area (Å²) in [4.78, 5) is 23.8. The summed E-state index contributed by atoms with van der Waals surface area (Å²) in [5.41, 5.74) is 13.0. The highest BCUT2D eigenvalue weighted by Gasteiger charge is 2.42. The van der Waals surface area contributed by atoms with Gasteiger partial charge in [-0.15, -0.1) is 0 Å². The Morgan fingerprint density at radius 3 is 2.58 bits per heavy atom. The highest BCUT2D eigenvalue weighted by Crippen LogP contribution is 2.54. The van der Waals surface area contributed by atoms with Crippen molar-refractivity contribution in [3.63, 3.8) is 0 Å². The van der Waals surface area contributed by atoms with Gasteiger partial charge in [0.05, 0.1) is 5.69 Å². The summed E-state index contributed by atoms with van der Waals surface area (Å²) in [5.74, 6) is 4.54. The van der Waals surface area contributed by atoms with E-state index in [4.69, 9.17) is 24.4 Å². The third kappa shape index (κ3) is 6.07. The topological polar surface area (TPSA) is 67.9 Å². The molecule has 0 fully saturated rings. The van der Waals surface area contributed by atoms with Crippen LogP contribution in [0.25, 0.3) is 45.2 Å². The van der Waals surface area contributed by atoms with Crippen LogP contribution in [0.15, 0.2) is 113 Å². The second-order valence-electron chi connectivity index (χ2n) is 16.8. The van der Waals surface area contributed by atoms with Crippen molar-refractivity contribution in [1.29, 1.82) is 0 Å². The molecule has 3 aromatic heterocycles. The lowest BCUT2D eigenvalue weighted by Crippen LogP contribution is -2.38. The van der Waals surface area contributed by atoms with Crippen LogP contribution in [-0.4, -0.2) is 26.0 Å². The predicted molar refractivity (Wildman–Crippen MR) is 232 cm³/mol. The molecule has 4 aromatic rings. The lowest BCUT2D eigenvalue weighted by atomic mass is 9.88. The van der Waals surface area contributed by atoms with Crippen LogP contribution in [0, 0.1) is 5.92 Å². The number of rotatable bonds is 6. The number of aryl methyl sites for hydroxylation is 1. The van der Waals surface area contributed by atoms with Gasteiger partial charge < -0.3 is 9.32 Å². The van der Waals surface area contributed by atoms with Crippen molar-refractivity contribution in [2.24, 2.45) is 5.92 Å². The van der Waals surface area contributed by atoms with Crippen LogP contribution in [0.1, 0.15) is 129 Å². The van der Waals surface area contributed by atoms with E-state index in [-0.39, 0.29) is 5.92 Å². The van der Waals surface area contributed by atoms with E-state index in [9.17, 15) is 0 Å². The van der Waals surface area contributed by atoms with Gasteiger partial charge in [-0.3, -0.25) is 4.98 Å². The Labute approximate surface area is 335 Å². The van der Waals surface area contributed by atoms with E-state index in [2.05, 4.69) is 121 Å². The first-order chi connectivity index (χ1) is 28.2. The molecule has 0 bridgehead atoms. The number of nitrogens with zero attached hydrogens (tertiary/aromatic N) is 5. The van der Waals surface area contributed by atoms with Crippen LogP contribution in [0.4, 0.5) is 5.69 Å². The van der Waals surface area contributed by atoms with Crippen molar-refractivity contribution in [1.82, 2.24) is 19.9 Å². The molecule has 0 radical (unpaired) electrons. The number of hydrogen-bond donors (Lipinski definition) is 0. The largest absolute Gasteiger partial charge is 0.460 e. The molecule has 0 saturated heterocycles. The molecule has 284 valence electrons. The van der Waals surface area contributed by atoms with Crippen LogP contribution in [0.2, 0.25) is 0 Å². The van der Waals surface area contributed by atoms with Crippen molar-refractivity contribution in [2.45, 2.75) is 102 Å². The van der Waals surface area contributed by atoms with Gasteiger partial charge in [-0.25, -0.2) is 15.0 Å². The van der Waals surface area contributed by atoms with E-state index in [1.807, 2.05) is 0 Å². The first-order valence-electron chi connectivity index (χ1n) is 21.4. The van der Waals surface area contributed by atoms with Crippen molar-refractivity contribution in [2.75, 3.05) is 4.90 Å². The molecule has 0 saturated carbocycles. The van der Waals surface area contributed by atoms with Gasteiger partial charge in [0, 0.05) is 69.5 Å². The molecule has 1 aliphatic heterocycles. The number of aromatic nitrogens is 4. The van der Waals surface area contributed by atoms with E-state index in [1.165, 1.54) is 45.5 Å². The van der Waals surface area contributed by atoms with E-state index < -0.39 is 0 Å². The molecule has 6 heteroatoms. The second-order valence-corrected chi connectivity index (χ2v) is 16.8. The molecule has 7 aliphatic rings. The first-order valence-corrected chi connectivity index (χ1v) is 21.4. The van der Waals surface area contributed by atoms with Gasteiger partial charge in [0.2, 0.25) is 0 Å². The monoisotopic (exact) mass is 747 g/mol. The molecule has 0 N–H and O–H groups in total. The molecule has 6 nitrogen and oxygen atoms in total. The summed E-state index contributed by atoms with van der Waals surface area (Å²) in [6.07, 6.45) is 46.1. The van der Waals surface area contributed by atoms with Crippen LogP contribution in [0.5, 0.6) is 0 Å². The van der Waals surface area contributed by atoms with Crippen molar-refractivity contribution in [3.8, 4) is 11.4 Å². The Balaban J connectivity index is 1.05. The molecule has 4 atom stereocenters. The number of anilines is 1. The lowest BCUT2D eigenvalue weighted by Gasteiger charge is -2.37. The molecular weight excluding hydrogens is 699 g/mol. The molecule has 4 heterocycles. The summed E-state index contributed by atoms with van der Waals surface area (Å²) >= 11 is 0. The highest BCUT2D eigenvalue weighted by atomic mass is 16.3. The number of benzene rings is 1. The van der Waals surface area contributed by atoms with Crippen molar-refractivity contribution in [3.05, 3.63) is 149 Å². The molecule has 0 spiro atoms. The fraction of sp³-hybridized carbons (Fsp3) is 0.333. The van der Waals surface area contributed by atoms with Gasteiger partial charge >= 0.3 is 0 Å². The van der Waals surface area contributed by atoms with Gasteiger partial charge in [0.25, 0.3) is 0 Å². The standard InChI is InChI=1S/C51H49N5O/c1-32-15-11-13-23-42(32)56-43-24-14-12-22-39(43)46-44(56)27-26-38-40-29-36(25-28-45(40)57-48(38)46)47-41(30-37(31-52-47)33-16-5-2-6-17-33)51-54-49(34-18-7-3-8-19-34)53-50(55-51)35-20-9-4-10-21-35/h2-3,5,7,9,11-12,14-16,20-21,24,26-27,29-32,34,39,42H,4,6,8,10,13,17-19,22-23,25,28H2,1H3. The van der Waals surface area contributed by atoms with Gasteiger partial charge in [-0.05, 0) is 124 Å². The maximum absolute atomic E-state index is 6.99. The second kappa shape index (κ2) is 14.4. The highest BCUT2D eigenvalue weighted by molar-refractivity contribution is 6.01. The fourth-order valence-electron chi connectivity index (χ4n) is 10.3. The zero-order valence-corrected chi connectivity index (χ0v) is 32.8. The lowest BCUT2D eigenvalue weighted by molar-refractivity contribution is 0.466. The number of pyridine rings is 1. The Bertz CT molecular complexity index is 2590. The van der Waals surface area contributed by atoms with E-state index in [0.29, 0.717) is 17.9 Å². The van der Waals surface area contributed by atoms with E-state index in [0.717, 1.165) is 122 Å². The normalized spacial score (nSPS) is 24.8. The third-order valence-corrected chi connectivity index (χ3v) is 13.3. The zero-order valence-electron chi connectivity index (χ0n) is 32.8. The SMILES string of the molecule is CC1C=CCCC1N1C2=CC=CCC2c2c1ccc1c3c(oc21)CCC(c1ncc(C2=CC=CCC2)cc1-c1nc(C2=CCCC=C2)nc(C2CC=CCC2)n1)=C3. The molecule has 4 unspecified atom stereocenters. The average Bonchev–Trinajstić information content (AvgIpc) is 3.82. The van der Waals surface area contributed by atoms with Gasteiger partial charge in [0.1, 0.15) is 17.2 Å². The maximum atomic E-state index is 6.99. The van der Waals surface area contributed by atoms with Crippen LogP contribution >= 0.6 is 0 Å². The van der Waals surface area contributed by atoms with E-state index in [1.54, 1.807) is 0 Å². The van der Waals surface area contributed by atoms with E-state index >= 15 is 0 Å². The predicted octanol–water partition coefficient (Wildman–Crippen LogP) is 12.6. The summed E-state index contributed by atoms with van der Waals surface area (Å²) in [6.45, 7) is 2.37. The van der Waals surface area contributed by atoms with Crippen LogP contribution in [0.3, 0.4) is 0 Å². The van der Waals surface area contributed by atoms with Crippen molar-refractivity contribution < 1.29 is 4.42 Å². The summed E-state index contributed by atoms with van der Waals surface area (Å²) in [5, 5.41) is 1.21. The number of fused-ring (bicyclic) bond motifs is 7. The molecule has 11 rings (SSSR count). The number of hydrogen-bond acceptors (Lipinski definition) is 6. The molecule has 57 heavy (non-hydrogen) atoms. The summed E-state index contributed by atoms with van der Waals surface area (Å²) in [6, 6.07) is 7.47. The average molecular weight is 748 g/mol. The van der Waals surface area contributed by atoms with Crippen LogP contribution < -0.4 is 4.90 Å². The van der Waals surface area contributed by atoms with Gasteiger partial charge in [-0.2, -0.15) is 0 Å². The van der Waals surface area contributed by atoms with Crippen LogP contribution in [-0.2, 0) is 6.42 Å². The van der Waals surface area contributed by atoms with Crippen molar-refractivity contribution >= 4 is 39.5 Å². The quantitative estimate of drug-likeness (QED) is 0.183. The minimum atomic E-state index is 0.272. The van der Waals surface area contributed by atoms with Gasteiger partial charge in [-0.1, -0.05) is 79.8 Å². The summed E-state index contributed by atoms with van der Waals surface area (Å²) in [7, 11) is 0. The minimum absolute atomic E-state index is 0.272. The molecule has 0 amide bonds. The summed E-state index contributed by atoms with van der Waals surface area (Å²) < 4.78 is 6.99. The number of furan rings is 1. The molecule has 1 aromatic carbocycles. The fourth-order valence-corrected chi connectivity index (χ4v) is 10.3. The Morgan fingerprint density at radius 1 is 0.789 bits per heavy atom. The Morgan fingerprint density at radius 2 is 1.72 bits per heavy atom. The third-order valence-electron chi connectivity index (χ3n) is 13.3. The molecule has 6 aliphatic carbocycles. The molecular formula is C51H49N5O. The number of allylic oxidation sites excluding steroid dienone is 16. The van der Waals surface area contributed by atoms with Gasteiger partial charge in [0.15, 0.2) is 11.6 Å². The zero-order chi connectivity index (χ0) is 37.9.